The molecule has 0 saturated carbocycles. The standard InChI is InChI=1S/C16H10ClF4NO2/c1-24-13-5-3-9(17)7-11(13)15(18)10-4-2-8(16(19,20)21)6-12(10)22-14(15)23/h2-7H,1H3,(H,22,23)/t15-/m1/s1/i1T3. The zero-order chi connectivity index (χ0) is 20.2. The van der Waals surface area contributed by atoms with Gasteiger partial charge in [0.05, 0.1) is 16.7 Å². The van der Waals surface area contributed by atoms with Gasteiger partial charge in [0.15, 0.2) is 0 Å². The van der Waals surface area contributed by atoms with E-state index in [1.54, 1.807) is 0 Å². The Kier molecular flexibility index (Phi) is 2.92. The fourth-order valence-electron chi connectivity index (χ4n) is 2.58. The number of hydrogen-bond donors (Lipinski definition) is 1. The van der Waals surface area contributed by atoms with Gasteiger partial charge in [0.25, 0.3) is 5.91 Å². The van der Waals surface area contributed by atoms with Crippen molar-refractivity contribution in [3.8, 4) is 5.75 Å². The van der Waals surface area contributed by atoms with E-state index in [1.165, 1.54) is 6.07 Å². The monoisotopic (exact) mass is 365 g/mol. The smallest absolute Gasteiger partial charge is 0.416 e. The number of methoxy groups -OCH3 is 1. The number of fused-ring (bicyclic) bond motifs is 1. The lowest BCUT2D eigenvalue weighted by atomic mass is 9.88. The molecule has 0 spiro atoms. The SMILES string of the molecule is [3H]C([3H])([3H])Oc1ccc(Cl)cc1[C@@]1(F)C(=O)Nc2cc(C(F)(F)F)ccc21. The molecule has 0 aliphatic carbocycles. The fourth-order valence-corrected chi connectivity index (χ4v) is 2.76. The molecule has 2 aromatic carbocycles. The molecule has 1 aliphatic heterocycles. The number of ether oxygens (including phenoxy) is 1. The zero-order valence-corrected chi connectivity index (χ0v) is 12.4. The van der Waals surface area contributed by atoms with Gasteiger partial charge >= 0.3 is 6.18 Å². The van der Waals surface area contributed by atoms with E-state index in [1.807, 2.05) is 0 Å². The first kappa shape index (κ1) is 13.1. The van der Waals surface area contributed by atoms with Crippen molar-refractivity contribution in [3.63, 3.8) is 0 Å². The van der Waals surface area contributed by atoms with Crippen LogP contribution in [0, 0.1) is 0 Å². The Balaban J connectivity index is 2.19. The molecule has 1 amide bonds. The molecule has 2 aromatic rings. The minimum atomic E-state index is -4.69. The zero-order valence-electron chi connectivity index (χ0n) is 14.7. The van der Waals surface area contributed by atoms with Gasteiger partial charge in [0.2, 0.25) is 5.67 Å². The van der Waals surface area contributed by atoms with Gasteiger partial charge in [0.1, 0.15) is 5.75 Å². The van der Waals surface area contributed by atoms with Crippen molar-refractivity contribution in [2.24, 2.45) is 0 Å². The maximum atomic E-state index is 15.9. The minimum absolute atomic E-state index is 0.0203. The highest BCUT2D eigenvalue weighted by atomic mass is 35.5. The van der Waals surface area contributed by atoms with Gasteiger partial charge in [-0.2, -0.15) is 13.2 Å². The van der Waals surface area contributed by atoms with E-state index >= 15 is 4.39 Å². The van der Waals surface area contributed by atoms with Crippen molar-refractivity contribution < 1.29 is 31.2 Å². The van der Waals surface area contributed by atoms with Crippen LogP contribution in [0.25, 0.3) is 0 Å². The normalized spacial score (nSPS) is 22.2. The van der Waals surface area contributed by atoms with Gasteiger partial charge in [-0.1, -0.05) is 17.7 Å². The molecule has 0 saturated heterocycles. The van der Waals surface area contributed by atoms with Crippen molar-refractivity contribution >= 4 is 23.2 Å². The number of rotatable bonds is 2. The van der Waals surface area contributed by atoms with E-state index in [9.17, 15) is 18.0 Å². The molecule has 8 heteroatoms. The van der Waals surface area contributed by atoms with Crippen molar-refractivity contribution in [1.82, 2.24) is 0 Å². The van der Waals surface area contributed by atoms with Gasteiger partial charge in [-0.05, 0) is 30.3 Å². The lowest BCUT2D eigenvalue weighted by Gasteiger charge is -2.21. The number of amides is 1. The van der Waals surface area contributed by atoms with Crippen LogP contribution in [-0.2, 0) is 16.6 Å². The third kappa shape index (κ3) is 2.39. The first-order valence-corrected chi connectivity index (χ1v) is 6.91. The highest BCUT2D eigenvalue weighted by Crippen LogP contribution is 2.48. The summed E-state index contributed by atoms with van der Waals surface area (Å²) in [5.41, 5.74) is -5.36. The molecule has 126 valence electrons. The Labute approximate surface area is 143 Å². The van der Waals surface area contributed by atoms with Crippen LogP contribution in [0.3, 0.4) is 0 Å². The maximum absolute atomic E-state index is 15.9. The van der Waals surface area contributed by atoms with Gasteiger partial charge in [-0.3, -0.25) is 4.79 Å². The van der Waals surface area contributed by atoms with E-state index in [0.717, 1.165) is 18.2 Å². The van der Waals surface area contributed by atoms with Crippen LogP contribution in [0.2, 0.25) is 5.02 Å². The van der Waals surface area contributed by atoms with Crippen molar-refractivity contribution in [2.45, 2.75) is 11.8 Å². The van der Waals surface area contributed by atoms with Gasteiger partial charge in [0, 0.05) is 21.8 Å². The van der Waals surface area contributed by atoms with Crippen molar-refractivity contribution in [2.75, 3.05) is 12.4 Å². The number of benzene rings is 2. The number of anilines is 1. The number of alkyl halides is 4. The summed E-state index contributed by atoms with van der Waals surface area (Å²) in [4.78, 5) is 12.3. The summed E-state index contributed by atoms with van der Waals surface area (Å²) >= 11 is 5.85. The molecule has 0 bridgehead atoms. The Morgan fingerprint density at radius 3 is 2.62 bits per heavy atom. The average molecular weight is 366 g/mol. The highest BCUT2D eigenvalue weighted by Gasteiger charge is 2.51. The predicted molar refractivity (Wildman–Crippen MR) is 80.0 cm³/mol. The molecule has 1 atom stereocenters. The molecule has 24 heavy (non-hydrogen) atoms. The van der Waals surface area contributed by atoms with Crippen LogP contribution in [0.1, 0.15) is 20.8 Å². The Morgan fingerprint density at radius 1 is 1.21 bits per heavy atom. The van der Waals surface area contributed by atoms with Crippen LogP contribution >= 0.6 is 11.6 Å². The summed E-state index contributed by atoms with van der Waals surface area (Å²) in [6.07, 6.45) is -4.69. The molecule has 0 unspecified atom stereocenters. The third-order valence-electron chi connectivity index (χ3n) is 3.70. The second-order valence-electron chi connectivity index (χ2n) is 5.11. The summed E-state index contributed by atoms with van der Waals surface area (Å²) < 4.78 is 80.7. The lowest BCUT2D eigenvalue weighted by molar-refractivity contribution is -0.137. The predicted octanol–water partition coefficient (Wildman–Crippen LogP) is 4.53. The molecular formula is C16H10ClF4NO2. The summed E-state index contributed by atoms with van der Waals surface area (Å²) in [7, 11) is -2.95. The number of nitrogens with one attached hydrogen (secondary N) is 1. The third-order valence-corrected chi connectivity index (χ3v) is 3.94. The Morgan fingerprint density at radius 2 is 1.96 bits per heavy atom. The molecular weight excluding hydrogens is 350 g/mol. The van der Waals surface area contributed by atoms with Gasteiger partial charge in [-0.25, -0.2) is 4.39 Å². The molecule has 1 heterocycles. The number of carbonyl (C=O) groups excluding carboxylic acids is 1. The van der Waals surface area contributed by atoms with Crippen LogP contribution < -0.4 is 10.1 Å². The summed E-state index contributed by atoms with van der Waals surface area (Å²) in [6.45, 7) is 0. The van der Waals surface area contributed by atoms with E-state index in [4.69, 9.17) is 20.5 Å². The Hall–Kier alpha value is -2.28. The summed E-state index contributed by atoms with van der Waals surface area (Å²) in [5.74, 6) is -1.76. The molecule has 0 fully saturated rings. The van der Waals surface area contributed by atoms with Gasteiger partial charge in [-0.15, -0.1) is 0 Å². The van der Waals surface area contributed by atoms with Crippen molar-refractivity contribution in [1.29, 1.82) is 0 Å². The van der Waals surface area contributed by atoms with Crippen molar-refractivity contribution in [3.05, 3.63) is 58.1 Å². The first-order valence-electron chi connectivity index (χ1n) is 8.03. The second-order valence-corrected chi connectivity index (χ2v) is 5.55. The Bertz CT molecular complexity index is 933. The largest absolute Gasteiger partial charge is 0.496 e. The highest BCUT2D eigenvalue weighted by molar-refractivity contribution is 6.30. The van der Waals surface area contributed by atoms with Crippen LogP contribution in [0.4, 0.5) is 23.2 Å². The lowest BCUT2D eigenvalue weighted by Crippen LogP contribution is -2.31. The van der Waals surface area contributed by atoms with Gasteiger partial charge < -0.3 is 10.1 Å². The molecule has 3 rings (SSSR count). The first-order chi connectivity index (χ1) is 12.3. The molecule has 1 aliphatic rings. The van der Waals surface area contributed by atoms with Crippen LogP contribution in [-0.4, -0.2) is 12.9 Å². The fraction of sp³-hybridized carbons (Fsp3) is 0.188. The molecule has 0 radical (unpaired) electrons. The van der Waals surface area contributed by atoms with Crippen LogP contribution in [0.15, 0.2) is 36.4 Å². The number of halogens is 5. The van der Waals surface area contributed by atoms with E-state index in [0.29, 0.717) is 12.1 Å². The maximum Gasteiger partial charge on any atom is 0.416 e. The summed E-state index contributed by atoms with van der Waals surface area (Å²) in [5, 5.41) is 2.03. The minimum Gasteiger partial charge on any atom is -0.496 e. The topological polar surface area (TPSA) is 38.3 Å². The molecule has 0 aromatic heterocycles. The quantitative estimate of drug-likeness (QED) is 0.794. The van der Waals surface area contributed by atoms with E-state index in [-0.39, 0.29) is 10.7 Å². The number of carbonyl (C=O) groups is 1. The number of hydrogen-bond acceptors (Lipinski definition) is 2. The average Bonchev–Trinajstić information content (AvgIpc) is 2.78. The molecule has 1 N–H and O–H groups in total. The van der Waals surface area contributed by atoms with Crippen LogP contribution in [0.5, 0.6) is 5.75 Å². The molecule has 3 nitrogen and oxygen atoms in total. The van der Waals surface area contributed by atoms with E-state index in [2.05, 4.69) is 5.32 Å². The summed E-state index contributed by atoms with van der Waals surface area (Å²) in [6, 6.07) is 5.34. The second kappa shape index (κ2) is 5.37. The van der Waals surface area contributed by atoms with E-state index < -0.39 is 47.2 Å².